The third kappa shape index (κ3) is 4.17. The Balaban J connectivity index is 1.40. The lowest BCUT2D eigenvalue weighted by Crippen LogP contribution is -2.27. The molecule has 0 saturated heterocycles. The number of benzene rings is 1. The van der Waals surface area contributed by atoms with Gasteiger partial charge in [0.1, 0.15) is 5.69 Å². The van der Waals surface area contributed by atoms with Crippen LogP contribution in [-0.2, 0) is 25.4 Å². The Morgan fingerprint density at radius 3 is 2.62 bits per heavy atom. The van der Waals surface area contributed by atoms with Crippen molar-refractivity contribution < 1.29 is 9.59 Å². The van der Waals surface area contributed by atoms with Crippen LogP contribution in [0.25, 0.3) is 0 Å². The minimum Gasteiger partial charge on any atom is -0.346 e. The van der Waals surface area contributed by atoms with Crippen LogP contribution in [0.15, 0.2) is 42.9 Å². The van der Waals surface area contributed by atoms with Crippen molar-refractivity contribution in [2.24, 2.45) is 20.0 Å². The summed E-state index contributed by atoms with van der Waals surface area (Å²) in [4.78, 5) is 25.3. The summed E-state index contributed by atoms with van der Waals surface area (Å²) < 4.78 is 3.13. The van der Waals surface area contributed by atoms with Gasteiger partial charge in [-0.1, -0.05) is 23.7 Å². The normalized spacial score (nSPS) is 17.8. The molecule has 9 heteroatoms. The van der Waals surface area contributed by atoms with Gasteiger partial charge in [0.05, 0.1) is 18.1 Å². The third-order valence-corrected chi connectivity index (χ3v) is 5.30. The predicted octanol–water partition coefficient (Wildman–Crippen LogP) is 2.48. The molecule has 2 amide bonds. The van der Waals surface area contributed by atoms with Crippen LogP contribution in [0.2, 0.25) is 5.02 Å². The maximum atomic E-state index is 12.7. The zero-order valence-electron chi connectivity index (χ0n) is 16.1. The first-order valence-electron chi connectivity index (χ1n) is 9.26. The SMILES string of the molecule is Cn1cc(CNC(=O)c2c(NC(=O)C3CC3c3ccc(Cl)cc3)cnn2C)cn1. The van der Waals surface area contributed by atoms with Crippen LogP contribution in [0.5, 0.6) is 0 Å². The minimum absolute atomic E-state index is 0.112. The third-order valence-electron chi connectivity index (χ3n) is 5.05. The van der Waals surface area contributed by atoms with Gasteiger partial charge in [-0.2, -0.15) is 10.2 Å². The van der Waals surface area contributed by atoms with Gasteiger partial charge in [0.25, 0.3) is 5.91 Å². The molecule has 0 radical (unpaired) electrons. The fourth-order valence-corrected chi connectivity index (χ4v) is 3.54. The zero-order valence-corrected chi connectivity index (χ0v) is 16.8. The van der Waals surface area contributed by atoms with E-state index in [-0.39, 0.29) is 23.7 Å². The van der Waals surface area contributed by atoms with E-state index < -0.39 is 0 Å². The second kappa shape index (κ2) is 7.71. The second-order valence-electron chi connectivity index (χ2n) is 7.22. The Morgan fingerprint density at radius 2 is 1.93 bits per heavy atom. The number of halogens is 1. The molecule has 2 N–H and O–H groups in total. The van der Waals surface area contributed by atoms with E-state index >= 15 is 0 Å². The van der Waals surface area contributed by atoms with Crippen LogP contribution in [-0.4, -0.2) is 31.4 Å². The molecule has 1 aromatic carbocycles. The highest BCUT2D eigenvalue weighted by atomic mass is 35.5. The Morgan fingerprint density at radius 1 is 1.17 bits per heavy atom. The van der Waals surface area contributed by atoms with Crippen LogP contribution < -0.4 is 10.6 Å². The average Bonchev–Trinajstić information content (AvgIpc) is 3.27. The topological polar surface area (TPSA) is 93.8 Å². The Labute approximate surface area is 172 Å². The van der Waals surface area contributed by atoms with Crippen molar-refractivity contribution in [2.75, 3.05) is 5.32 Å². The summed E-state index contributed by atoms with van der Waals surface area (Å²) in [5.41, 5.74) is 2.70. The number of rotatable bonds is 6. The van der Waals surface area contributed by atoms with Gasteiger partial charge in [-0.3, -0.25) is 19.0 Å². The van der Waals surface area contributed by atoms with E-state index in [0.717, 1.165) is 17.5 Å². The quantitative estimate of drug-likeness (QED) is 0.650. The van der Waals surface area contributed by atoms with E-state index in [2.05, 4.69) is 20.8 Å². The molecular formula is C20H21ClN6O2. The number of hydrogen-bond acceptors (Lipinski definition) is 4. The number of nitrogens with one attached hydrogen (secondary N) is 2. The van der Waals surface area contributed by atoms with Gasteiger partial charge in [0, 0.05) is 43.3 Å². The molecule has 3 aromatic rings. The molecular weight excluding hydrogens is 392 g/mol. The zero-order chi connectivity index (χ0) is 20.5. The fourth-order valence-electron chi connectivity index (χ4n) is 3.42. The maximum Gasteiger partial charge on any atom is 0.271 e. The van der Waals surface area contributed by atoms with Crippen LogP contribution in [0.1, 0.15) is 34.0 Å². The van der Waals surface area contributed by atoms with Gasteiger partial charge in [-0.25, -0.2) is 0 Å². The van der Waals surface area contributed by atoms with E-state index in [1.165, 1.54) is 10.9 Å². The highest BCUT2D eigenvalue weighted by molar-refractivity contribution is 6.30. The molecule has 29 heavy (non-hydrogen) atoms. The van der Waals surface area contributed by atoms with Crippen LogP contribution in [0.4, 0.5) is 5.69 Å². The van der Waals surface area contributed by atoms with Crippen LogP contribution in [0.3, 0.4) is 0 Å². The van der Waals surface area contributed by atoms with E-state index in [4.69, 9.17) is 11.6 Å². The van der Waals surface area contributed by atoms with Crippen molar-refractivity contribution in [3.63, 3.8) is 0 Å². The smallest absolute Gasteiger partial charge is 0.271 e. The van der Waals surface area contributed by atoms with Crippen molar-refractivity contribution in [3.8, 4) is 0 Å². The first kappa shape index (κ1) is 19.2. The Bertz CT molecular complexity index is 1060. The number of aromatic nitrogens is 4. The number of amides is 2. The van der Waals surface area contributed by atoms with Crippen molar-refractivity contribution in [1.82, 2.24) is 24.9 Å². The second-order valence-corrected chi connectivity index (χ2v) is 7.66. The fraction of sp³-hybridized carbons (Fsp3) is 0.300. The monoisotopic (exact) mass is 412 g/mol. The molecule has 0 bridgehead atoms. The lowest BCUT2D eigenvalue weighted by molar-refractivity contribution is -0.117. The summed E-state index contributed by atoms with van der Waals surface area (Å²) in [5.74, 6) is -0.372. The molecule has 0 aliphatic heterocycles. The van der Waals surface area contributed by atoms with Gasteiger partial charge < -0.3 is 10.6 Å². The van der Waals surface area contributed by atoms with Gasteiger partial charge >= 0.3 is 0 Å². The van der Waals surface area contributed by atoms with Crippen molar-refractivity contribution in [1.29, 1.82) is 0 Å². The molecule has 1 aliphatic rings. The predicted molar refractivity (Wildman–Crippen MR) is 109 cm³/mol. The first-order valence-corrected chi connectivity index (χ1v) is 9.64. The largest absolute Gasteiger partial charge is 0.346 e. The molecule has 2 aromatic heterocycles. The summed E-state index contributed by atoms with van der Waals surface area (Å²) in [7, 11) is 3.48. The first-order chi connectivity index (χ1) is 13.9. The number of carbonyl (C=O) groups excluding carboxylic acids is 2. The number of nitrogens with zero attached hydrogens (tertiary/aromatic N) is 4. The number of anilines is 1. The van der Waals surface area contributed by atoms with Crippen molar-refractivity contribution in [3.05, 3.63) is 64.7 Å². The van der Waals surface area contributed by atoms with E-state index in [9.17, 15) is 9.59 Å². The summed E-state index contributed by atoms with van der Waals surface area (Å²) in [6, 6.07) is 7.55. The molecule has 2 heterocycles. The molecule has 1 aliphatic carbocycles. The Kier molecular flexibility index (Phi) is 5.10. The molecule has 0 spiro atoms. The van der Waals surface area contributed by atoms with E-state index in [0.29, 0.717) is 22.9 Å². The molecule has 1 saturated carbocycles. The van der Waals surface area contributed by atoms with Gasteiger partial charge in [-0.05, 0) is 30.0 Å². The Hall–Kier alpha value is -3.13. The maximum absolute atomic E-state index is 12.7. The van der Waals surface area contributed by atoms with Crippen LogP contribution >= 0.6 is 11.6 Å². The summed E-state index contributed by atoms with van der Waals surface area (Å²) >= 11 is 5.93. The number of carbonyl (C=O) groups is 2. The summed E-state index contributed by atoms with van der Waals surface area (Å²) in [5, 5.41) is 14.6. The molecule has 2 unspecified atom stereocenters. The van der Waals surface area contributed by atoms with Crippen molar-refractivity contribution in [2.45, 2.75) is 18.9 Å². The number of hydrogen-bond donors (Lipinski definition) is 2. The highest BCUT2D eigenvalue weighted by Crippen LogP contribution is 2.48. The molecule has 4 rings (SSSR count). The average molecular weight is 413 g/mol. The van der Waals surface area contributed by atoms with E-state index in [1.54, 1.807) is 17.9 Å². The summed E-state index contributed by atoms with van der Waals surface area (Å²) in [6.45, 7) is 0.340. The highest BCUT2D eigenvalue weighted by Gasteiger charge is 2.44. The van der Waals surface area contributed by atoms with Gasteiger partial charge in [0.2, 0.25) is 5.91 Å². The van der Waals surface area contributed by atoms with Gasteiger partial charge in [-0.15, -0.1) is 0 Å². The van der Waals surface area contributed by atoms with E-state index in [1.807, 2.05) is 37.5 Å². The molecule has 2 atom stereocenters. The van der Waals surface area contributed by atoms with Crippen LogP contribution in [0, 0.1) is 5.92 Å². The minimum atomic E-state index is -0.311. The summed E-state index contributed by atoms with van der Waals surface area (Å²) in [6.07, 6.45) is 5.79. The lowest BCUT2D eigenvalue weighted by Gasteiger charge is -2.08. The lowest BCUT2D eigenvalue weighted by atomic mass is 10.1. The molecule has 8 nitrogen and oxygen atoms in total. The number of aryl methyl sites for hydroxylation is 2. The molecule has 150 valence electrons. The standard InChI is InChI=1S/C20H21ClN6O2/c1-26-11-12(9-23-26)8-22-20(29)18-17(10-24-27(18)2)25-19(28)16-7-15(16)13-3-5-14(21)6-4-13/h3-6,9-11,15-16H,7-8H2,1-2H3,(H,22,29)(H,25,28). The van der Waals surface area contributed by atoms with Gasteiger partial charge in [0.15, 0.2) is 0 Å². The molecule has 1 fully saturated rings. The van der Waals surface area contributed by atoms with Crippen molar-refractivity contribution >= 4 is 29.1 Å².